The minimum atomic E-state index is -0.507. The number of nitrogens with zero attached hydrogens (tertiary/aromatic N) is 5. The monoisotopic (exact) mass is 434 g/mol. The Morgan fingerprint density at radius 1 is 1.27 bits per heavy atom. The molecule has 0 aliphatic rings. The van der Waals surface area contributed by atoms with Crippen LogP contribution in [0, 0.1) is 36.7 Å². The lowest BCUT2D eigenvalue weighted by Crippen LogP contribution is -2.16. The van der Waals surface area contributed by atoms with Gasteiger partial charge in [0.2, 0.25) is 5.91 Å². The van der Waals surface area contributed by atoms with Crippen LogP contribution in [0.1, 0.15) is 29.1 Å². The average Bonchev–Trinajstić information content (AvgIpc) is 3.17. The van der Waals surface area contributed by atoms with Crippen LogP contribution in [0.25, 0.3) is 0 Å². The Kier molecular flexibility index (Phi) is 6.16. The van der Waals surface area contributed by atoms with Crippen LogP contribution in [-0.4, -0.2) is 30.4 Å². The highest BCUT2D eigenvalue weighted by Gasteiger charge is 2.18. The smallest absolute Gasteiger partial charge is 0.309 e. The van der Waals surface area contributed by atoms with Gasteiger partial charge in [-0.3, -0.25) is 24.3 Å². The molecule has 3 aromatic rings. The standard InChI is InChI=1S/C19H20ClFN6O3/c1-11-19(13(3)26(24-11)10-14-4-5-15(21)8-16(14)20)23-18(28)6-7-25-12(2)17(9-22-25)27(29)30/h4-5,8-9H,6-7,10H2,1-3H3,(H,23,28). The lowest BCUT2D eigenvalue weighted by atomic mass is 10.2. The van der Waals surface area contributed by atoms with Crippen molar-refractivity contribution in [2.75, 3.05) is 5.32 Å². The Morgan fingerprint density at radius 3 is 2.63 bits per heavy atom. The van der Waals surface area contributed by atoms with Crippen LogP contribution < -0.4 is 5.32 Å². The normalized spacial score (nSPS) is 11.0. The van der Waals surface area contributed by atoms with Crippen molar-refractivity contribution in [3.8, 4) is 0 Å². The fraction of sp³-hybridized carbons (Fsp3) is 0.316. The second-order valence-corrected chi connectivity index (χ2v) is 7.24. The van der Waals surface area contributed by atoms with E-state index in [0.717, 1.165) is 5.69 Å². The van der Waals surface area contributed by atoms with Crippen molar-refractivity contribution < 1.29 is 14.1 Å². The summed E-state index contributed by atoms with van der Waals surface area (Å²) in [5.74, 6) is -0.680. The number of hydrogen-bond acceptors (Lipinski definition) is 5. The molecule has 0 atom stereocenters. The molecule has 0 spiro atoms. The maximum Gasteiger partial charge on any atom is 0.309 e. The van der Waals surface area contributed by atoms with E-state index in [4.69, 9.17) is 11.6 Å². The van der Waals surface area contributed by atoms with Gasteiger partial charge in [0.05, 0.1) is 35.1 Å². The van der Waals surface area contributed by atoms with E-state index in [1.54, 1.807) is 24.6 Å². The SMILES string of the molecule is Cc1nn(Cc2ccc(F)cc2Cl)c(C)c1NC(=O)CCn1ncc([N+](=O)[O-])c1C. The predicted octanol–water partition coefficient (Wildman–Crippen LogP) is 3.78. The van der Waals surface area contributed by atoms with Crippen molar-refractivity contribution in [3.05, 3.63) is 68.0 Å². The molecule has 0 radical (unpaired) electrons. The van der Waals surface area contributed by atoms with Crippen LogP contribution in [-0.2, 0) is 17.9 Å². The zero-order chi connectivity index (χ0) is 22.0. The first-order chi connectivity index (χ1) is 14.2. The summed E-state index contributed by atoms with van der Waals surface area (Å²) in [5.41, 5.74) is 2.96. The van der Waals surface area contributed by atoms with Gasteiger partial charge in [0.15, 0.2) is 0 Å². The van der Waals surface area contributed by atoms with E-state index >= 15 is 0 Å². The van der Waals surface area contributed by atoms with E-state index < -0.39 is 10.7 Å². The number of nitro groups is 1. The number of benzene rings is 1. The molecule has 158 valence electrons. The molecule has 0 fully saturated rings. The summed E-state index contributed by atoms with van der Waals surface area (Å²) >= 11 is 6.09. The number of hydrogen-bond donors (Lipinski definition) is 1. The average molecular weight is 435 g/mol. The number of halogens is 2. The van der Waals surface area contributed by atoms with Crippen LogP contribution >= 0.6 is 11.6 Å². The van der Waals surface area contributed by atoms with Gasteiger partial charge in [-0.15, -0.1) is 0 Å². The largest absolute Gasteiger partial charge is 0.323 e. The van der Waals surface area contributed by atoms with Crippen molar-refractivity contribution in [1.82, 2.24) is 19.6 Å². The molecule has 2 heterocycles. The maximum absolute atomic E-state index is 13.2. The second kappa shape index (κ2) is 8.62. The summed E-state index contributed by atoms with van der Waals surface area (Å²) < 4.78 is 16.4. The second-order valence-electron chi connectivity index (χ2n) is 6.83. The van der Waals surface area contributed by atoms with Crippen molar-refractivity contribution in [3.63, 3.8) is 0 Å². The molecule has 0 saturated heterocycles. The number of carbonyl (C=O) groups is 1. The van der Waals surface area contributed by atoms with Gasteiger partial charge in [-0.25, -0.2) is 4.39 Å². The Hall–Kier alpha value is -3.27. The van der Waals surface area contributed by atoms with Gasteiger partial charge in [0.1, 0.15) is 17.7 Å². The van der Waals surface area contributed by atoms with Gasteiger partial charge < -0.3 is 5.32 Å². The quantitative estimate of drug-likeness (QED) is 0.449. The molecule has 0 unspecified atom stereocenters. The van der Waals surface area contributed by atoms with Crippen LogP contribution in [0.15, 0.2) is 24.4 Å². The number of aromatic nitrogens is 4. The van der Waals surface area contributed by atoms with E-state index in [2.05, 4.69) is 15.5 Å². The molecule has 9 nitrogen and oxygen atoms in total. The first-order valence-electron chi connectivity index (χ1n) is 9.12. The lowest BCUT2D eigenvalue weighted by Gasteiger charge is -2.09. The zero-order valence-electron chi connectivity index (χ0n) is 16.6. The number of nitrogens with one attached hydrogen (secondary N) is 1. The van der Waals surface area contributed by atoms with Crippen molar-refractivity contribution >= 4 is 28.9 Å². The van der Waals surface area contributed by atoms with Gasteiger partial charge in [-0.1, -0.05) is 17.7 Å². The molecular formula is C19H20ClFN6O3. The highest BCUT2D eigenvalue weighted by atomic mass is 35.5. The molecule has 2 aromatic heterocycles. The molecule has 1 N–H and O–H groups in total. The van der Waals surface area contributed by atoms with Gasteiger partial charge >= 0.3 is 5.69 Å². The van der Waals surface area contributed by atoms with E-state index in [1.807, 2.05) is 6.92 Å². The number of aryl methyl sites for hydroxylation is 2. The molecule has 0 aliphatic carbocycles. The van der Waals surface area contributed by atoms with Gasteiger partial charge in [0.25, 0.3) is 0 Å². The van der Waals surface area contributed by atoms with Crippen molar-refractivity contribution in [2.45, 2.75) is 40.3 Å². The van der Waals surface area contributed by atoms with E-state index in [-0.39, 0.29) is 24.6 Å². The molecule has 30 heavy (non-hydrogen) atoms. The molecular weight excluding hydrogens is 415 g/mol. The first kappa shape index (κ1) is 21.4. The topological polar surface area (TPSA) is 108 Å². The minimum absolute atomic E-state index is 0.0807. The molecule has 0 saturated carbocycles. The van der Waals surface area contributed by atoms with E-state index in [0.29, 0.717) is 34.2 Å². The Bertz CT molecular complexity index is 1120. The summed E-state index contributed by atoms with van der Waals surface area (Å²) in [7, 11) is 0. The van der Waals surface area contributed by atoms with Gasteiger partial charge in [-0.2, -0.15) is 10.2 Å². The van der Waals surface area contributed by atoms with Crippen LogP contribution in [0.4, 0.5) is 15.8 Å². The summed E-state index contributed by atoms with van der Waals surface area (Å²) in [6, 6.07) is 4.17. The first-order valence-corrected chi connectivity index (χ1v) is 9.49. The van der Waals surface area contributed by atoms with Crippen LogP contribution in [0.3, 0.4) is 0 Å². The number of carbonyl (C=O) groups excluding carboxylic acids is 1. The summed E-state index contributed by atoms with van der Waals surface area (Å²) in [5, 5.41) is 22.4. The lowest BCUT2D eigenvalue weighted by molar-refractivity contribution is -0.385. The van der Waals surface area contributed by atoms with Crippen molar-refractivity contribution in [2.24, 2.45) is 0 Å². The fourth-order valence-corrected chi connectivity index (χ4v) is 3.32. The maximum atomic E-state index is 13.2. The van der Waals surface area contributed by atoms with Gasteiger partial charge in [0, 0.05) is 11.4 Å². The summed E-state index contributed by atoms with van der Waals surface area (Å²) in [6.45, 7) is 5.71. The molecule has 1 aromatic carbocycles. The van der Waals surface area contributed by atoms with E-state index in [1.165, 1.54) is 23.0 Å². The molecule has 3 rings (SSSR count). The Labute approximate surface area is 176 Å². The third kappa shape index (κ3) is 4.48. The highest BCUT2D eigenvalue weighted by Crippen LogP contribution is 2.24. The minimum Gasteiger partial charge on any atom is -0.323 e. The van der Waals surface area contributed by atoms with Crippen molar-refractivity contribution in [1.29, 1.82) is 0 Å². The number of anilines is 1. The van der Waals surface area contributed by atoms with Gasteiger partial charge in [-0.05, 0) is 38.5 Å². The number of rotatable bonds is 7. The Balaban J connectivity index is 1.68. The third-order valence-electron chi connectivity index (χ3n) is 4.81. The molecule has 0 bridgehead atoms. The third-order valence-corrected chi connectivity index (χ3v) is 5.16. The Morgan fingerprint density at radius 2 is 2.00 bits per heavy atom. The zero-order valence-corrected chi connectivity index (χ0v) is 17.4. The fourth-order valence-electron chi connectivity index (χ4n) is 3.09. The van der Waals surface area contributed by atoms with E-state index in [9.17, 15) is 19.3 Å². The highest BCUT2D eigenvalue weighted by molar-refractivity contribution is 6.31. The van der Waals surface area contributed by atoms with Crippen LogP contribution in [0.5, 0.6) is 0 Å². The molecule has 1 amide bonds. The molecule has 11 heteroatoms. The summed E-state index contributed by atoms with van der Waals surface area (Å²) in [6.07, 6.45) is 1.26. The predicted molar refractivity (Wildman–Crippen MR) is 109 cm³/mol. The van der Waals surface area contributed by atoms with Crippen LogP contribution in [0.2, 0.25) is 5.02 Å². The number of amides is 1. The summed E-state index contributed by atoms with van der Waals surface area (Å²) in [4.78, 5) is 22.8. The molecule has 0 aliphatic heterocycles.